The summed E-state index contributed by atoms with van der Waals surface area (Å²) in [5.74, 6) is -2.36. The van der Waals surface area contributed by atoms with Crippen LogP contribution in [0.4, 0.5) is 14.5 Å². The zero-order valence-corrected chi connectivity index (χ0v) is 13.1. The number of benzene rings is 2. The van der Waals surface area contributed by atoms with Crippen molar-refractivity contribution in [3.8, 4) is 5.69 Å². The van der Waals surface area contributed by atoms with E-state index >= 15 is 0 Å². The zero-order chi connectivity index (χ0) is 17.3. The molecular weight excluding hydrogens is 340 g/mol. The summed E-state index contributed by atoms with van der Waals surface area (Å²) in [4.78, 5) is -0.381. The average Bonchev–Trinajstić information content (AvgIpc) is 3.06. The summed E-state index contributed by atoms with van der Waals surface area (Å²) < 4.78 is 54.7. The lowest BCUT2D eigenvalue weighted by molar-refractivity contribution is 0.504. The van der Waals surface area contributed by atoms with Crippen LogP contribution in [0.3, 0.4) is 0 Å². The van der Waals surface area contributed by atoms with Crippen molar-refractivity contribution >= 4 is 15.7 Å². The lowest BCUT2D eigenvalue weighted by atomic mass is 10.1. The van der Waals surface area contributed by atoms with E-state index in [-0.39, 0.29) is 10.6 Å². The Balaban J connectivity index is 1.99. The van der Waals surface area contributed by atoms with E-state index in [2.05, 4.69) is 20.2 Å². The van der Waals surface area contributed by atoms with Crippen LogP contribution in [-0.2, 0) is 10.0 Å². The van der Waals surface area contributed by atoms with Crippen LogP contribution >= 0.6 is 0 Å². The van der Waals surface area contributed by atoms with Gasteiger partial charge >= 0.3 is 0 Å². The summed E-state index contributed by atoms with van der Waals surface area (Å²) in [5.41, 5.74) is 1.41. The Morgan fingerprint density at radius 1 is 1.12 bits per heavy atom. The summed E-state index contributed by atoms with van der Waals surface area (Å²) in [6.45, 7) is 1.68. The van der Waals surface area contributed by atoms with Gasteiger partial charge in [0.15, 0.2) is 11.6 Å². The molecule has 10 heteroatoms. The Kier molecular flexibility index (Phi) is 3.97. The first-order valence-electron chi connectivity index (χ1n) is 6.69. The predicted molar refractivity (Wildman–Crippen MR) is 81.1 cm³/mol. The molecule has 0 bridgehead atoms. The second-order valence-corrected chi connectivity index (χ2v) is 6.57. The lowest BCUT2D eigenvalue weighted by Crippen LogP contribution is -2.15. The van der Waals surface area contributed by atoms with Crippen molar-refractivity contribution in [2.45, 2.75) is 11.8 Å². The van der Waals surface area contributed by atoms with Gasteiger partial charge in [-0.1, -0.05) is 6.07 Å². The van der Waals surface area contributed by atoms with Gasteiger partial charge in [-0.05, 0) is 53.2 Å². The third kappa shape index (κ3) is 2.95. The van der Waals surface area contributed by atoms with E-state index in [9.17, 15) is 17.2 Å². The molecule has 7 nitrogen and oxygen atoms in total. The summed E-state index contributed by atoms with van der Waals surface area (Å²) in [5, 5.41) is 10.8. The Hall–Kier alpha value is -2.88. The van der Waals surface area contributed by atoms with Gasteiger partial charge in [0, 0.05) is 0 Å². The van der Waals surface area contributed by atoms with Gasteiger partial charge in [-0.15, -0.1) is 5.10 Å². The van der Waals surface area contributed by atoms with Crippen molar-refractivity contribution in [3.63, 3.8) is 0 Å². The molecule has 3 rings (SSSR count). The van der Waals surface area contributed by atoms with E-state index in [1.807, 2.05) is 0 Å². The molecule has 124 valence electrons. The largest absolute Gasteiger partial charge is 0.279 e. The predicted octanol–water partition coefficient (Wildman–Crippen LogP) is 2.05. The van der Waals surface area contributed by atoms with E-state index < -0.39 is 21.7 Å². The quantitative estimate of drug-likeness (QED) is 0.777. The van der Waals surface area contributed by atoms with Crippen molar-refractivity contribution < 1.29 is 17.2 Å². The fourth-order valence-electron chi connectivity index (χ4n) is 2.10. The maximum Gasteiger partial charge on any atom is 0.262 e. The van der Waals surface area contributed by atoms with Crippen LogP contribution in [0.25, 0.3) is 5.69 Å². The first-order chi connectivity index (χ1) is 11.4. The summed E-state index contributed by atoms with van der Waals surface area (Å²) in [7, 11) is -4.08. The van der Waals surface area contributed by atoms with Gasteiger partial charge in [0.2, 0.25) is 0 Å². The number of hydrogen-bond donors (Lipinski definition) is 1. The molecule has 0 atom stereocenters. The minimum absolute atomic E-state index is 0.271. The molecule has 0 spiro atoms. The Labute approximate surface area is 136 Å². The summed E-state index contributed by atoms with van der Waals surface area (Å²) in [6, 6.07) is 7.24. The lowest BCUT2D eigenvalue weighted by Gasteiger charge is -2.13. The van der Waals surface area contributed by atoms with Crippen LogP contribution in [0.2, 0.25) is 0 Å². The second-order valence-electron chi connectivity index (χ2n) is 4.89. The number of nitrogens with zero attached hydrogens (tertiary/aromatic N) is 4. The fourth-order valence-corrected chi connectivity index (χ4v) is 3.24. The minimum Gasteiger partial charge on any atom is -0.279 e. The number of nitrogens with one attached hydrogen (secondary N) is 1. The number of anilines is 1. The molecule has 0 saturated heterocycles. The molecule has 0 radical (unpaired) electrons. The summed E-state index contributed by atoms with van der Waals surface area (Å²) >= 11 is 0. The molecule has 3 aromatic rings. The van der Waals surface area contributed by atoms with E-state index in [4.69, 9.17) is 0 Å². The Bertz CT molecular complexity index is 990. The second kappa shape index (κ2) is 5.96. The van der Waals surface area contributed by atoms with Gasteiger partial charge in [0.1, 0.15) is 6.33 Å². The van der Waals surface area contributed by atoms with Crippen molar-refractivity contribution in [3.05, 3.63) is 59.9 Å². The molecule has 24 heavy (non-hydrogen) atoms. The van der Waals surface area contributed by atoms with Crippen molar-refractivity contribution in [1.29, 1.82) is 0 Å². The van der Waals surface area contributed by atoms with Crippen molar-refractivity contribution in [1.82, 2.24) is 20.2 Å². The minimum atomic E-state index is -4.08. The molecule has 0 amide bonds. The monoisotopic (exact) mass is 351 g/mol. The van der Waals surface area contributed by atoms with Crippen LogP contribution in [0, 0.1) is 18.6 Å². The van der Waals surface area contributed by atoms with Crippen LogP contribution < -0.4 is 4.72 Å². The molecule has 2 aromatic carbocycles. The van der Waals surface area contributed by atoms with Gasteiger partial charge in [0.25, 0.3) is 10.0 Å². The Morgan fingerprint density at radius 3 is 2.58 bits per heavy atom. The Morgan fingerprint density at radius 2 is 1.92 bits per heavy atom. The molecule has 0 fully saturated rings. The van der Waals surface area contributed by atoms with Gasteiger partial charge in [-0.3, -0.25) is 4.72 Å². The molecule has 1 heterocycles. The number of tetrazole rings is 1. The van der Waals surface area contributed by atoms with Crippen LogP contribution in [-0.4, -0.2) is 28.6 Å². The van der Waals surface area contributed by atoms with E-state index in [1.165, 1.54) is 11.0 Å². The average molecular weight is 351 g/mol. The van der Waals surface area contributed by atoms with Crippen molar-refractivity contribution in [2.75, 3.05) is 4.72 Å². The molecule has 1 N–H and O–H groups in total. The molecular formula is C14H11F2N5O2S. The standard InChI is InChI=1S/C14H11F2N5O2S/c1-9-13(3-2-4-14(9)21-8-17-19-20-21)18-24(22,23)10-5-6-11(15)12(16)7-10/h2-8,18H,1H3. The highest BCUT2D eigenvalue weighted by Gasteiger charge is 2.18. The normalized spacial score (nSPS) is 11.5. The fraction of sp³-hybridized carbons (Fsp3) is 0.0714. The maximum atomic E-state index is 13.3. The highest BCUT2D eigenvalue weighted by atomic mass is 32.2. The number of aromatic nitrogens is 4. The summed E-state index contributed by atoms with van der Waals surface area (Å²) in [6.07, 6.45) is 1.37. The van der Waals surface area contributed by atoms with Crippen molar-refractivity contribution in [2.24, 2.45) is 0 Å². The highest BCUT2D eigenvalue weighted by Crippen LogP contribution is 2.24. The van der Waals surface area contributed by atoms with E-state index in [0.717, 1.165) is 12.1 Å². The SMILES string of the molecule is Cc1c(NS(=O)(=O)c2ccc(F)c(F)c2)cccc1-n1cnnn1. The van der Waals surface area contributed by atoms with Gasteiger partial charge < -0.3 is 0 Å². The van der Waals surface area contributed by atoms with Gasteiger partial charge in [-0.2, -0.15) is 0 Å². The van der Waals surface area contributed by atoms with Crippen LogP contribution in [0.15, 0.2) is 47.6 Å². The molecule has 0 aliphatic carbocycles. The number of rotatable bonds is 4. The maximum absolute atomic E-state index is 13.3. The number of halogens is 2. The molecule has 0 aliphatic heterocycles. The first-order valence-corrected chi connectivity index (χ1v) is 8.17. The van der Waals surface area contributed by atoms with E-state index in [0.29, 0.717) is 17.3 Å². The highest BCUT2D eigenvalue weighted by molar-refractivity contribution is 7.92. The third-order valence-corrected chi connectivity index (χ3v) is 4.71. The van der Waals surface area contributed by atoms with Crippen LogP contribution in [0.1, 0.15) is 5.56 Å². The van der Waals surface area contributed by atoms with Gasteiger partial charge in [-0.25, -0.2) is 21.9 Å². The van der Waals surface area contributed by atoms with E-state index in [1.54, 1.807) is 25.1 Å². The number of sulfonamides is 1. The zero-order valence-electron chi connectivity index (χ0n) is 12.3. The molecule has 0 unspecified atom stereocenters. The van der Waals surface area contributed by atoms with Gasteiger partial charge in [0.05, 0.1) is 16.3 Å². The molecule has 0 aliphatic rings. The van der Waals surface area contributed by atoms with Crippen LogP contribution in [0.5, 0.6) is 0 Å². The molecule has 1 aromatic heterocycles. The first kappa shape index (κ1) is 16.0. The topological polar surface area (TPSA) is 89.8 Å². The molecule has 0 saturated carbocycles. The third-order valence-electron chi connectivity index (χ3n) is 3.35. The number of hydrogen-bond acceptors (Lipinski definition) is 5. The smallest absolute Gasteiger partial charge is 0.262 e.